The van der Waals surface area contributed by atoms with Gasteiger partial charge in [-0.3, -0.25) is 0 Å². The standard InChI is InChI=1S/C20H19N3O4S/c1-28(26,27)20-21-12-17(18(22-20)19(24)25)23(13-15-8-4-2-5-9-15)14-16-10-6-3-7-11-16/h2-12H,13-14H2,1H3,(H,24,25)/p-1. The lowest BCUT2D eigenvalue weighted by Gasteiger charge is -2.27. The Bertz CT molecular complexity index is 1030. The minimum atomic E-state index is -3.75. The first kappa shape index (κ1) is 19.5. The Labute approximate surface area is 163 Å². The molecule has 28 heavy (non-hydrogen) atoms. The Kier molecular flexibility index (Phi) is 5.70. The molecular weight excluding hydrogens is 378 g/mol. The number of anilines is 1. The molecule has 0 unspecified atom stereocenters. The number of carboxylic acid groups (broad SMARTS) is 1. The third kappa shape index (κ3) is 4.72. The zero-order valence-corrected chi connectivity index (χ0v) is 16.0. The Morgan fingerprint density at radius 2 is 1.46 bits per heavy atom. The van der Waals surface area contributed by atoms with Gasteiger partial charge >= 0.3 is 0 Å². The summed E-state index contributed by atoms with van der Waals surface area (Å²) in [4.78, 5) is 21.1. The SMILES string of the molecule is CS(=O)(=O)c1ncc(N(Cc2ccccc2)Cc2ccccc2)c(C(=O)[O-])n1. The summed E-state index contributed by atoms with van der Waals surface area (Å²) in [6.45, 7) is 0.773. The van der Waals surface area contributed by atoms with E-state index in [1.807, 2.05) is 60.7 Å². The van der Waals surface area contributed by atoms with Crippen molar-refractivity contribution in [2.45, 2.75) is 18.2 Å². The number of carboxylic acids is 1. The molecule has 2 aromatic carbocycles. The summed E-state index contributed by atoms with van der Waals surface area (Å²) in [5.74, 6) is -1.56. The molecule has 0 aliphatic rings. The monoisotopic (exact) mass is 396 g/mol. The molecule has 1 heterocycles. The summed E-state index contributed by atoms with van der Waals surface area (Å²) < 4.78 is 23.4. The number of sulfone groups is 1. The molecule has 0 saturated heterocycles. The molecule has 1 aromatic heterocycles. The first-order valence-electron chi connectivity index (χ1n) is 8.46. The van der Waals surface area contributed by atoms with Crippen molar-refractivity contribution in [3.8, 4) is 0 Å². The van der Waals surface area contributed by atoms with Crippen LogP contribution in [0.15, 0.2) is 72.0 Å². The van der Waals surface area contributed by atoms with Crippen molar-refractivity contribution in [2.24, 2.45) is 0 Å². The fraction of sp³-hybridized carbons (Fsp3) is 0.150. The molecule has 0 saturated carbocycles. The molecular formula is C20H18N3O4S-. The molecule has 0 amide bonds. The quantitative estimate of drug-likeness (QED) is 0.557. The minimum absolute atomic E-state index is 0.195. The Hall–Kier alpha value is -3.26. The molecule has 7 nitrogen and oxygen atoms in total. The van der Waals surface area contributed by atoms with Gasteiger partial charge in [0.2, 0.25) is 15.0 Å². The second-order valence-corrected chi connectivity index (χ2v) is 8.18. The van der Waals surface area contributed by atoms with E-state index < -0.39 is 26.7 Å². The summed E-state index contributed by atoms with van der Waals surface area (Å²) >= 11 is 0. The average molecular weight is 396 g/mol. The number of carbonyl (C=O) groups excluding carboxylic acids is 1. The Morgan fingerprint density at radius 3 is 1.89 bits per heavy atom. The Balaban J connectivity index is 2.07. The molecule has 8 heteroatoms. The second kappa shape index (κ2) is 8.18. The normalized spacial score (nSPS) is 11.2. The topological polar surface area (TPSA) is 103 Å². The minimum Gasteiger partial charge on any atom is -0.543 e. The first-order chi connectivity index (χ1) is 13.3. The lowest BCUT2D eigenvalue weighted by atomic mass is 10.1. The van der Waals surface area contributed by atoms with Gasteiger partial charge in [-0.2, -0.15) is 0 Å². The molecule has 144 valence electrons. The van der Waals surface area contributed by atoms with Crippen LogP contribution in [0.25, 0.3) is 0 Å². The van der Waals surface area contributed by atoms with Gasteiger partial charge in [-0.25, -0.2) is 18.4 Å². The van der Waals surface area contributed by atoms with Gasteiger partial charge in [-0.15, -0.1) is 0 Å². The van der Waals surface area contributed by atoms with Crippen LogP contribution >= 0.6 is 0 Å². The van der Waals surface area contributed by atoms with Crippen molar-refractivity contribution in [1.82, 2.24) is 9.97 Å². The number of rotatable bonds is 7. The van der Waals surface area contributed by atoms with Crippen LogP contribution in [-0.2, 0) is 22.9 Å². The van der Waals surface area contributed by atoms with E-state index in [9.17, 15) is 18.3 Å². The third-order valence-electron chi connectivity index (χ3n) is 4.05. The number of benzene rings is 2. The smallest absolute Gasteiger partial charge is 0.247 e. The summed E-state index contributed by atoms with van der Waals surface area (Å²) in [5, 5.41) is 11.1. The zero-order chi connectivity index (χ0) is 20.1. The number of aromatic carboxylic acids is 1. The number of carbonyl (C=O) groups is 1. The molecule has 0 aliphatic carbocycles. The van der Waals surface area contributed by atoms with E-state index in [4.69, 9.17) is 0 Å². The highest BCUT2D eigenvalue weighted by Gasteiger charge is 2.20. The van der Waals surface area contributed by atoms with E-state index in [1.54, 1.807) is 4.90 Å². The molecule has 0 aliphatic heterocycles. The van der Waals surface area contributed by atoms with Gasteiger partial charge in [-0.05, 0) is 11.1 Å². The fourth-order valence-corrected chi connectivity index (χ4v) is 3.25. The van der Waals surface area contributed by atoms with Crippen LogP contribution in [-0.4, -0.2) is 30.6 Å². The van der Waals surface area contributed by atoms with Gasteiger partial charge in [-0.1, -0.05) is 60.7 Å². The molecule has 0 bridgehead atoms. The van der Waals surface area contributed by atoms with Gasteiger partial charge in [0.05, 0.1) is 17.9 Å². The predicted octanol–water partition coefficient (Wildman–Crippen LogP) is 1.45. The van der Waals surface area contributed by atoms with Crippen LogP contribution in [0.4, 0.5) is 5.69 Å². The Morgan fingerprint density at radius 1 is 0.964 bits per heavy atom. The molecule has 0 radical (unpaired) electrons. The second-order valence-electron chi connectivity index (χ2n) is 6.27. The summed E-state index contributed by atoms with van der Waals surface area (Å²) in [6, 6.07) is 19.0. The molecule has 3 rings (SSSR count). The molecule has 0 spiro atoms. The molecule has 3 aromatic rings. The van der Waals surface area contributed by atoms with Crippen molar-refractivity contribution in [2.75, 3.05) is 11.2 Å². The molecule has 0 atom stereocenters. The van der Waals surface area contributed by atoms with Crippen LogP contribution in [0, 0.1) is 0 Å². The fourth-order valence-electron chi connectivity index (χ4n) is 2.75. The van der Waals surface area contributed by atoms with E-state index in [0.29, 0.717) is 13.1 Å². The summed E-state index contributed by atoms with van der Waals surface area (Å²) in [5.41, 5.74) is 1.65. The number of hydrogen-bond donors (Lipinski definition) is 0. The summed E-state index contributed by atoms with van der Waals surface area (Å²) in [7, 11) is -3.75. The van der Waals surface area contributed by atoms with E-state index >= 15 is 0 Å². The maximum Gasteiger partial charge on any atom is 0.247 e. The van der Waals surface area contributed by atoms with Crippen molar-refractivity contribution < 1.29 is 18.3 Å². The third-order valence-corrected chi connectivity index (χ3v) is 4.91. The predicted molar refractivity (Wildman–Crippen MR) is 102 cm³/mol. The molecule has 0 N–H and O–H groups in total. The van der Waals surface area contributed by atoms with Crippen molar-refractivity contribution in [3.63, 3.8) is 0 Å². The van der Waals surface area contributed by atoms with E-state index in [0.717, 1.165) is 17.4 Å². The number of aromatic nitrogens is 2. The maximum absolute atomic E-state index is 11.7. The van der Waals surface area contributed by atoms with Crippen molar-refractivity contribution >= 4 is 21.5 Å². The van der Waals surface area contributed by atoms with Gasteiger partial charge in [0.1, 0.15) is 5.69 Å². The zero-order valence-electron chi connectivity index (χ0n) is 15.1. The molecule has 0 fully saturated rings. The van der Waals surface area contributed by atoms with Crippen LogP contribution < -0.4 is 10.0 Å². The van der Waals surface area contributed by atoms with Gasteiger partial charge in [0.15, 0.2) is 0 Å². The lowest BCUT2D eigenvalue weighted by Crippen LogP contribution is -2.31. The van der Waals surface area contributed by atoms with E-state index in [2.05, 4.69) is 9.97 Å². The van der Waals surface area contributed by atoms with Gasteiger partial charge < -0.3 is 14.8 Å². The number of nitrogens with zero attached hydrogens (tertiary/aromatic N) is 3. The van der Waals surface area contributed by atoms with E-state index in [-0.39, 0.29) is 5.69 Å². The number of hydrogen-bond acceptors (Lipinski definition) is 7. The summed E-state index contributed by atoms with van der Waals surface area (Å²) in [6.07, 6.45) is 2.15. The van der Waals surface area contributed by atoms with E-state index in [1.165, 1.54) is 6.20 Å². The van der Waals surface area contributed by atoms with Crippen LogP contribution in [0.1, 0.15) is 21.6 Å². The average Bonchev–Trinajstić information content (AvgIpc) is 2.68. The maximum atomic E-state index is 11.7. The van der Waals surface area contributed by atoms with Gasteiger partial charge in [0.25, 0.3) is 0 Å². The highest BCUT2D eigenvalue weighted by Crippen LogP contribution is 2.23. The van der Waals surface area contributed by atoms with Crippen LogP contribution in [0.3, 0.4) is 0 Å². The largest absolute Gasteiger partial charge is 0.543 e. The van der Waals surface area contributed by atoms with Gasteiger partial charge in [0, 0.05) is 19.3 Å². The van der Waals surface area contributed by atoms with Crippen molar-refractivity contribution in [1.29, 1.82) is 0 Å². The lowest BCUT2D eigenvalue weighted by molar-refractivity contribution is -0.255. The van der Waals surface area contributed by atoms with Crippen molar-refractivity contribution in [3.05, 3.63) is 83.7 Å². The van der Waals surface area contributed by atoms with Crippen LogP contribution in [0.5, 0.6) is 0 Å². The van der Waals surface area contributed by atoms with Crippen LogP contribution in [0.2, 0.25) is 0 Å². The highest BCUT2D eigenvalue weighted by molar-refractivity contribution is 7.90. The highest BCUT2D eigenvalue weighted by atomic mass is 32.2. The first-order valence-corrected chi connectivity index (χ1v) is 10.3.